The van der Waals surface area contributed by atoms with Crippen LogP contribution in [0, 0.1) is 5.92 Å². The predicted octanol–water partition coefficient (Wildman–Crippen LogP) is 1.27. The van der Waals surface area contributed by atoms with Crippen LogP contribution in [-0.2, 0) is 18.3 Å². The number of ether oxygens (including phenoxy) is 1. The summed E-state index contributed by atoms with van der Waals surface area (Å²) in [6.07, 6.45) is 5.77. The van der Waals surface area contributed by atoms with Crippen LogP contribution in [0.1, 0.15) is 49.7 Å². The van der Waals surface area contributed by atoms with Gasteiger partial charge in [0.25, 0.3) is 0 Å². The third kappa shape index (κ3) is 3.67. The van der Waals surface area contributed by atoms with Gasteiger partial charge in [0, 0.05) is 32.2 Å². The van der Waals surface area contributed by atoms with Crippen molar-refractivity contribution in [1.29, 1.82) is 0 Å². The Morgan fingerprint density at radius 1 is 1.27 bits per heavy atom. The van der Waals surface area contributed by atoms with Crippen LogP contribution in [0.25, 0.3) is 0 Å². The van der Waals surface area contributed by atoms with Crippen molar-refractivity contribution in [1.82, 2.24) is 19.7 Å². The fourth-order valence-electron chi connectivity index (χ4n) is 3.50. The van der Waals surface area contributed by atoms with E-state index in [0.717, 1.165) is 56.7 Å². The molecule has 0 radical (unpaired) electrons. The second-order valence-electron chi connectivity index (χ2n) is 7.04. The first-order chi connectivity index (χ1) is 10.6. The average Bonchev–Trinajstić information content (AvgIpc) is 2.84. The van der Waals surface area contributed by atoms with E-state index in [9.17, 15) is 0 Å². The Bertz CT molecular complexity index is 477. The van der Waals surface area contributed by atoms with Crippen molar-refractivity contribution >= 4 is 0 Å². The molecule has 2 N–H and O–H groups in total. The molecule has 2 heterocycles. The van der Waals surface area contributed by atoms with Gasteiger partial charge in [-0.15, -0.1) is 10.2 Å². The summed E-state index contributed by atoms with van der Waals surface area (Å²) in [5, 5.41) is 8.78. The Morgan fingerprint density at radius 3 is 2.68 bits per heavy atom. The van der Waals surface area contributed by atoms with Gasteiger partial charge >= 0.3 is 0 Å². The van der Waals surface area contributed by atoms with Gasteiger partial charge in [-0.05, 0) is 51.6 Å². The summed E-state index contributed by atoms with van der Waals surface area (Å²) in [6, 6.07) is 0.354. The molecule has 1 aliphatic carbocycles. The van der Waals surface area contributed by atoms with Crippen LogP contribution in [0.3, 0.4) is 0 Å². The highest BCUT2D eigenvalue weighted by molar-refractivity contribution is 5.08. The minimum absolute atomic E-state index is 0.354. The number of nitrogens with two attached hydrogens (primary N) is 1. The number of nitrogens with zero attached hydrogens (tertiary/aromatic N) is 4. The maximum Gasteiger partial charge on any atom is 0.146 e. The van der Waals surface area contributed by atoms with Crippen LogP contribution < -0.4 is 5.73 Å². The van der Waals surface area contributed by atoms with Crippen molar-refractivity contribution in [2.24, 2.45) is 18.7 Å². The molecule has 2 fully saturated rings. The van der Waals surface area contributed by atoms with Crippen molar-refractivity contribution in [2.75, 3.05) is 26.8 Å². The summed E-state index contributed by atoms with van der Waals surface area (Å²) in [5.41, 5.74) is 5.88. The van der Waals surface area contributed by atoms with Gasteiger partial charge in [0.2, 0.25) is 0 Å². The summed E-state index contributed by atoms with van der Waals surface area (Å²) < 4.78 is 7.59. The molecule has 6 nitrogen and oxygen atoms in total. The van der Waals surface area contributed by atoms with E-state index in [1.165, 1.54) is 19.3 Å². The van der Waals surface area contributed by atoms with Crippen molar-refractivity contribution in [3.63, 3.8) is 0 Å². The zero-order valence-electron chi connectivity index (χ0n) is 13.9. The number of rotatable bonds is 6. The van der Waals surface area contributed by atoms with Gasteiger partial charge in [-0.1, -0.05) is 0 Å². The van der Waals surface area contributed by atoms with Gasteiger partial charge in [-0.3, -0.25) is 4.90 Å². The first kappa shape index (κ1) is 15.9. The van der Waals surface area contributed by atoms with E-state index >= 15 is 0 Å². The SMILES string of the molecule is CN(CCC1CCOCC1)Cc1nnc(C2CC(N)C2)n1C. The van der Waals surface area contributed by atoms with Crippen LogP contribution in [0.4, 0.5) is 0 Å². The quantitative estimate of drug-likeness (QED) is 0.857. The molecule has 0 amide bonds. The van der Waals surface area contributed by atoms with Crippen LogP contribution in [0.2, 0.25) is 0 Å². The van der Waals surface area contributed by atoms with E-state index in [1.54, 1.807) is 0 Å². The molecule has 0 atom stereocenters. The van der Waals surface area contributed by atoms with E-state index in [4.69, 9.17) is 10.5 Å². The van der Waals surface area contributed by atoms with Gasteiger partial charge < -0.3 is 15.0 Å². The second kappa shape index (κ2) is 7.06. The lowest BCUT2D eigenvalue weighted by atomic mass is 9.80. The summed E-state index contributed by atoms with van der Waals surface area (Å²) in [7, 11) is 4.26. The molecular weight excluding hydrogens is 278 g/mol. The minimum atomic E-state index is 0.354. The zero-order valence-corrected chi connectivity index (χ0v) is 13.9. The molecule has 0 spiro atoms. The highest BCUT2D eigenvalue weighted by atomic mass is 16.5. The lowest BCUT2D eigenvalue weighted by Crippen LogP contribution is -2.36. The molecule has 1 aliphatic heterocycles. The van der Waals surface area contributed by atoms with Crippen LogP contribution in [0.5, 0.6) is 0 Å². The molecule has 22 heavy (non-hydrogen) atoms. The maximum absolute atomic E-state index is 5.88. The molecular formula is C16H29N5O. The molecule has 1 aromatic heterocycles. The molecule has 0 bridgehead atoms. The Kier molecular flexibility index (Phi) is 5.10. The van der Waals surface area contributed by atoms with Gasteiger partial charge in [-0.2, -0.15) is 0 Å². The monoisotopic (exact) mass is 307 g/mol. The maximum atomic E-state index is 5.88. The number of hydrogen-bond donors (Lipinski definition) is 1. The largest absolute Gasteiger partial charge is 0.381 e. The van der Waals surface area contributed by atoms with Gasteiger partial charge in [0.05, 0.1) is 6.54 Å². The van der Waals surface area contributed by atoms with Gasteiger partial charge in [0.15, 0.2) is 0 Å². The molecule has 0 unspecified atom stereocenters. The molecule has 3 rings (SSSR count). The second-order valence-corrected chi connectivity index (χ2v) is 7.04. The van der Waals surface area contributed by atoms with E-state index < -0.39 is 0 Å². The number of aromatic nitrogens is 3. The Morgan fingerprint density at radius 2 is 2.00 bits per heavy atom. The molecule has 2 aliphatic rings. The van der Waals surface area contributed by atoms with Gasteiger partial charge in [-0.25, -0.2) is 0 Å². The van der Waals surface area contributed by atoms with Crippen molar-refractivity contribution in [3.8, 4) is 0 Å². The lowest BCUT2D eigenvalue weighted by molar-refractivity contribution is 0.0607. The van der Waals surface area contributed by atoms with E-state index in [1.807, 2.05) is 0 Å². The Labute approximate surface area is 133 Å². The fraction of sp³-hybridized carbons (Fsp3) is 0.875. The summed E-state index contributed by atoms with van der Waals surface area (Å²) >= 11 is 0. The Balaban J connectivity index is 1.47. The molecule has 1 saturated carbocycles. The standard InChI is InChI=1S/C16H29N5O/c1-20(6-3-12-4-7-22-8-5-12)11-15-18-19-16(21(15)2)13-9-14(17)10-13/h12-14H,3-11,17H2,1-2H3. The van der Waals surface area contributed by atoms with Crippen LogP contribution in [0.15, 0.2) is 0 Å². The molecule has 124 valence electrons. The van der Waals surface area contributed by atoms with E-state index in [0.29, 0.717) is 12.0 Å². The fourth-order valence-corrected chi connectivity index (χ4v) is 3.50. The third-order valence-corrected chi connectivity index (χ3v) is 5.21. The molecule has 1 aromatic rings. The van der Waals surface area contributed by atoms with Crippen molar-refractivity contribution in [3.05, 3.63) is 11.6 Å². The first-order valence-corrected chi connectivity index (χ1v) is 8.53. The topological polar surface area (TPSA) is 69.2 Å². The summed E-state index contributed by atoms with van der Waals surface area (Å²) in [4.78, 5) is 2.36. The zero-order chi connectivity index (χ0) is 15.5. The first-order valence-electron chi connectivity index (χ1n) is 8.53. The van der Waals surface area contributed by atoms with E-state index in [2.05, 4.69) is 33.8 Å². The number of hydrogen-bond acceptors (Lipinski definition) is 5. The normalized spacial score (nSPS) is 26.4. The van der Waals surface area contributed by atoms with Crippen LogP contribution >= 0.6 is 0 Å². The molecule has 1 saturated heterocycles. The van der Waals surface area contributed by atoms with E-state index in [-0.39, 0.29) is 0 Å². The summed E-state index contributed by atoms with van der Waals surface area (Å²) in [5.74, 6) is 3.50. The third-order valence-electron chi connectivity index (χ3n) is 5.21. The van der Waals surface area contributed by atoms with Crippen molar-refractivity contribution < 1.29 is 4.74 Å². The molecule has 0 aromatic carbocycles. The average molecular weight is 307 g/mol. The highest BCUT2D eigenvalue weighted by Gasteiger charge is 2.31. The Hall–Kier alpha value is -0.980. The van der Waals surface area contributed by atoms with Gasteiger partial charge in [0.1, 0.15) is 11.6 Å². The smallest absolute Gasteiger partial charge is 0.146 e. The lowest BCUT2D eigenvalue weighted by Gasteiger charge is -2.31. The predicted molar refractivity (Wildman–Crippen MR) is 85.4 cm³/mol. The summed E-state index contributed by atoms with van der Waals surface area (Å²) in [6.45, 7) is 3.85. The minimum Gasteiger partial charge on any atom is -0.381 e. The van der Waals surface area contributed by atoms with Crippen molar-refractivity contribution in [2.45, 2.75) is 50.6 Å². The highest BCUT2D eigenvalue weighted by Crippen LogP contribution is 2.34. The van der Waals surface area contributed by atoms with Crippen LogP contribution in [-0.4, -0.2) is 52.5 Å². The molecule has 6 heteroatoms.